The Morgan fingerprint density at radius 2 is 2.35 bits per heavy atom. The van der Waals surface area contributed by atoms with E-state index in [2.05, 4.69) is 17.1 Å². The smallest absolute Gasteiger partial charge is 0.309 e. The van der Waals surface area contributed by atoms with Crippen LogP contribution in [0.1, 0.15) is 34.8 Å². The molecule has 0 saturated heterocycles. The molecule has 1 aromatic heterocycles. The van der Waals surface area contributed by atoms with Gasteiger partial charge in [0.05, 0.1) is 11.6 Å². The lowest BCUT2D eigenvalue weighted by Gasteiger charge is -2.15. The minimum Gasteiger partial charge on any atom is -0.458 e. The summed E-state index contributed by atoms with van der Waals surface area (Å²) in [7, 11) is 0. The molecule has 0 amide bonds. The molecule has 0 aromatic carbocycles. The number of thiazole rings is 1. The molecule has 3 nitrogen and oxygen atoms in total. The highest BCUT2D eigenvalue weighted by Gasteiger charge is 2.20. The Morgan fingerprint density at radius 1 is 1.53 bits per heavy atom. The lowest BCUT2D eigenvalue weighted by molar-refractivity contribution is -0.150. The van der Waals surface area contributed by atoms with Crippen LogP contribution >= 0.6 is 11.3 Å². The number of hydrogen-bond donors (Lipinski definition) is 0. The fourth-order valence-electron chi connectivity index (χ4n) is 1.86. The van der Waals surface area contributed by atoms with Gasteiger partial charge in [-0.3, -0.25) is 4.79 Å². The predicted molar refractivity (Wildman–Crippen MR) is 67.9 cm³/mol. The van der Waals surface area contributed by atoms with Crippen molar-refractivity contribution in [3.05, 3.63) is 27.7 Å². The zero-order valence-electron chi connectivity index (χ0n) is 10.2. The van der Waals surface area contributed by atoms with E-state index in [1.54, 1.807) is 11.3 Å². The standard InChI is InChI=1S/C13H17NO2S/c1-9-10(2)17-12(14-9)8-16-13(15)11-6-4-3-5-7-11/h3-4,11H,5-8H2,1-2H3/t11-/m1/s1. The Bertz CT molecular complexity index is 417. The van der Waals surface area contributed by atoms with Crippen LogP contribution in [0.15, 0.2) is 12.2 Å². The van der Waals surface area contributed by atoms with Crippen LogP contribution in [0.5, 0.6) is 0 Å². The van der Waals surface area contributed by atoms with Gasteiger partial charge in [0.2, 0.25) is 0 Å². The average molecular weight is 251 g/mol. The van der Waals surface area contributed by atoms with Gasteiger partial charge in [0, 0.05) is 4.88 Å². The van der Waals surface area contributed by atoms with Crippen molar-refractivity contribution in [1.29, 1.82) is 0 Å². The number of rotatable bonds is 3. The van der Waals surface area contributed by atoms with Gasteiger partial charge in [-0.25, -0.2) is 4.98 Å². The molecule has 1 aliphatic carbocycles. The monoisotopic (exact) mass is 251 g/mol. The van der Waals surface area contributed by atoms with Gasteiger partial charge < -0.3 is 4.74 Å². The minimum absolute atomic E-state index is 0.0437. The molecule has 0 aliphatic heterocycles. The summed E-state index contributed by atoms with van der Waals surface area (Å²) in [6.45, 7) is 4.33. The van der Waals surface area contributed by atoms with Gasteiger partial charge in [-0.05, 0) is 33.1 Å². The molecule has 1 aliphatic rings. The maximum atomic E-state index is 11.8. The topological polar surface area (TPSA) is 39.2 Å². The van der Waals surface area contributed by atoms with Gasteiger partial charge >= 0.3 is 5.97 Å². The van der Waals surface area contributed by atoms with E-state index in [1.165, 1.54) is 4.88 Å². The van der Waals surface area contributed by atoms with Crippen molar-refractivity contribution >= 4 is 17.3 Å². The molecule has 0 saturated carbocycles. The molecule has 92 valence electrons. The largest absolute Gasteiger partial charge is 0.458 e. The number of esters is 1. The minimum atomic E-state index is -0.0835. The predicted octanol–water partition coefficient (Wildman–Crippen LogP) is 3.16. The first kappa shape index (κ1) is 12.3. The molecule has 17 heavy (non-hydrogen) atoms. The second-order valence-electron chi connectivity index (χ2n) is 4.34. The van der Waals surface area contributed by atoms with Crippen molar-refractivity contribution in [3.8, 4) is 0 Å². The van der Waals surface area contributed by atoms with E-state index >= 15 is 0 Å². The van der Waals surface area contributed by atoms with Crippen molar-refractivity contribution in [1.82, 2.24) is 4.98 Å². The lowest BCUT2D eigenvalue weighted by Crippen LogP contribution is -2.18. The highest BCUT2D eigenvalue weighted by atomic mass is 32.1. The number of allylic oxidation sites excluding steroid dienone is 2. The summed E-state index contributed by atoms with van der Waals surface area (Å²) >= 11 is 1.60. The van der Waals surface area contributed by atoms with Crippen molar-refractivity contribution in [2.45, 2.75) is 39.7 Å². The molecule has 4 heteroatoms. The highest BCUT2D eigenvalue weighted by Crippen LogP contribution is 2.21. The van der Waals surface area contributed by atoms with Crippen LogP contribution in [0, 0.1) is 19.8 Å². The molecule has 0 radical (unpaired) electrons. The number of hydrogen-bond acceptors (Lipinski definition) is 4. The molecule has 1 atom stereocenters. The molecular weight excluding hydrogens is 234 g/mol. The van der Waals surface area contributed by atoms with Crippen molar-refractivity contribution in [3.63, 3.8) is 0 Å². The van der Waals surface area contributed by atoms with Crippen molar-refractivity contribution in [2.24, 2.45) is 5.92 Å². The van der Waals surface area contributed by atoms with Crippen LogP contribution in [-0.2, 0) is 16.1 Å². The first-order chi connectivity index (χ1) is 8.16. The molecule has 1 heterocycles. The molecule has 1 aromatic rings. The van der Waals surface area contributed by atoms with Gasteiger partial charge in [-0.1, -0.05) is 12.2 Å². The second kappa shape index (κ2) is 5.45. The average Bonchev–Trinajstić information content (AvgIpc) is 2.67. The number of ether oxygens (including phenoxy) is 1. The maximum absolute atomic E-state index is 11.8. The first-order valence-electron chi connectivity index (χ1n) is 5.91. The van der Waals surface area contributed by atoms with E-state index in [4.69, 9.17) is 4.74 Å². The quantitative estimate of drug-likeness (QED) is 0.612. The summed E-state index contributed by atoms with van der Waals surface area (Å²) in [5.74, 6) is -0.0398. The zero-order chi connectivity index (χ0) is 12.3. The normalized spacial score (nSPS) is 19.3. The van der Waals surface area contributed by atoms with Crippen LogP contribution in [0.25, 0.3) is 0 Å². The Balaban J connectivity index is 1.85. The first-order valence-corrected chi connectivity index (χ1v) is 6.73. The van der Waals surface area contributed by atoms with Gasteiger partial charge in [-0.15, -0.1) is 11.3 Å². The third-order valence-corrected chi connectivity index (χ3v) is 4.06. The summed E-state index contributed by atoms with van der Waals surface area (Å²) in [6, 6.07) is 0. The number of carbonyl (C=O) groups excluding carboxylic acids is 1. The molecule has 0 fully saturated rings. The van der Waals surface area contributed by atoms with Crippen molar-refractivity contribution < 1.29 is 9.53 Å². The Morgan fingerprint density at radius 3 is 2.94 bits per heavy atom. The van der Waals surface area contributed by atoms with Gasteiger partial charge in [-0.2, -0.15) is 0 Å². The molecule has 0 spiro atoms. The number of nitrogens with zero attached hydrogens (tertiary/aromatic N) is 1. The zero-order valence-corrected chi connectivity index (χ0v) is 11.0. The Kier molecular flexibility index (Phi) is 3.94. The highest BCUT2D eigenvalue weighted by molar-refractivity contribution is 7.11. The molecule has 2 rings (SSSR count). The SMILES string of the molecule is Cc1nc(COC(=O)[C@@H]2CC=CCC2)sc1C. The molecule has 0 unspecified atom stereocenters. The van der Waals surface area contributed by atoms with Gasteiger partial charge in [0.1, 0.15) is 11.6 Å². The number of aryl methyl sites for hydroxylation is 2. The summed E-state index contributed by atoms with van der Waals surface area (Å²) in [6.07, 6.45) is 6.89. The second-order valence-corrected chi connectivity index (χ2v) is 5.63. The van der Waals surface area contributed by atoms with E-state index in [-0.39, 0.29) is 11.9 Å². The van der Waals surface area contributed by atoms with E-state index in [0.717, 1.165) is 30.0 Å². The fraction of sp³-hybridized carbons (Fsp3) is 0.538. The van der Waals surface area contributed by atoms with E-state index in [1.807, 2.05) is 13.8 Å². The van der Waals surface area contributed by atoms with E-state index < -0.39 is 0 Å². The van der Waals surface area contributed by atoms with Crippen LogP contribution in [-0.4, -0.2) is 11.0 Å². The number of carbonyl (C=O) groups is 1. The Labute approximate surface area is 106 Å². The van der Waals surface area contributed by atoms with Crippen LogP contribution < -0.4 is 0 Å². The number of aromatic nitrogens is 1. The van der Waals surface area contributed by atoms with Crippen LogP contribution in [0.2, 0.25) is 0 Å². The van der Waals surface area contributed by atoms with Gasteiger partial charge in [0.15, 0.2) is 0 Å². The molecule has 0 N–H and O–H groups in total. The van der Waals surface area contributed by atoms with Crippen molar-refractivity contribution in [2.75, 3.05) is 0 Å². The van der Waals surface area contributed by atoms with Crippen LogP contribution in [0.3, 0.4) is 0 Å². The fourth-order valence-corrected chi connectivity index (χ4v) is 2.71. The van der Waals surface area contributed by atoms with E-state index in [9.17, 15) is 4.79 Å². The Hall–Kier alpha value is -1.16. The van der Waals surface area contributed by atoms with Crippen LogP contribution in [0.4, 0.5) is 0 Å². The summed E-state index contributed by atoms with van der Waals surface area (Å²) in [4.78, 5) is 17.3. The summed E-state index contributed by atoms with van der Waals surface area (Å²) in [5, 5.41) is 0.889. The lowest BCUT2D eigenvalue weighted by atomic mass is 9.95. The third kappa shape index (κ3) is 3.16. The maximum Gasteiger partial charge on any atom is 0.309 e. The van der Waals surface area contributed by atoms with Gasteiger partial charge in [0.25, 0.3) is 0 Å². The third-order valence-electron chi connectivity index (χ3n) is 3.01. The summed E-state index contributed by atoms with van der Waals surface area (Å²) < 4.78 is 5.31. The molecule has 0 bridgehead atoms. The summed E-state index contributed by atoms with van der Waals surface area (Å²) in [5.41, 5.74) is 1.03. The molecular formula is C13H17NO2S. The van der Waals surface area contributed by atoms with E-state index in [0.29, 0.717) is 6.61 Å².